The molecule has 2 rings (SSSR count). The first-order valence-corrected chi connectivity index (χ1v) is 7.36. The summed E-state index contributed by atoms with van der Waals surface area (Å²) in [5.74, 6) is 1.61. The zero-order valence-corrected chi connectivity index (χ0v) is 12.1. The highest BCUT2D eigenvalue weighted by Crippen LogP contribution is 2.18. The summed E-state index contributed by atoms with van der Waals surface area (Å²) in [5, 5.41) is 0. The number of nitrogens with two attached hydrogens (primary N) is 1. The molecule has 0 radical (unpaired) electrons. The minimum Gasteiger partial charge on any atom is -0.492 e. The SMILES string of the molecule is CCC1CN(CCOc2ccc(C)cc2)CCC1N. The smallest absolute Gasteiger partial charge is 0.119 e. The van der Waals surface area contributed by atoms with Gasteiger partial charge in [0.25, 0.3) is 0 Å². The molecule has 2 N–H and O–H groups in total. The van der Waals surface area contributed by atoms with Crippen LogP contribution >= 0.6 is 0 Å². The van der Waals surface area contributed by atoms with E-state index in [0.717, 1.165) is 38.4 Å². The maximum absolute atomic E-state index is 6.13. The molecule has 0 saturated carbocycles. The highest BCUT2D eigenvalue weighted by Gasteiger charge is 2.24. The number of hydrogen-bond donors (Lipinski definition) is 1. The Balaban J connectivity index is 1.72. The number of ether oxygens (including phenoxy) is 1. The summed E-state index contributed by atoms with van der Waals surface area (Å²) in [7, 11) is 0. The van der Waals surface area contributed by atoms with Crippen LogP contribution in [0.15, 0.2) is 24.3 Å². The number of piperidine rings is 1. The molecule has 1 aliphatic heterocycles. The van der Waals surface area contributed by atoms with E-state index in [1.165, 1.54) is 12.0 Å². The first-order chi connectivity index (χ1) is 9.19. The van der Waals surface area contributed by atoms with E-state index in [9.17, 15) is 0 Å². The van der Waals surface area contributed by atoms with Gasteiger partial charge in [0.05, 0.1) is 0 Å². The van der Waals surface area contributed by atoms with E-state index >= 15 is 0 Å². The van der Waals surface area contributed by atoms with Gasteiger partial charge in [-0.15, -0.1) is 0 Å². The van der Waals surface area contributed by atoms with Crippen LogP contribution in [0.5, 0.6) is 5.75 Å². The van der Waals surface area contributed by atoms with Gasteiger partial charge in [0.2, 0.25) is 0 Å². The first kappa shape index (κ1) is 14.4. The van der Waals surface area contributed by atoms with Gasteiger partial charge >= 0.3 is 0 Å². The molecule has 1 heterocycles. The highest BCUT2D eigenvalue weighted by molar-refractivity contribution is 5.26. The van der Waals surface area contributed by atoms with Crippen molar-refractivity contribution < 1.29 is 4.74 Å². The Bertz CT molecular complexity index is 377. The van der Waals surface area contributed by atoms with Crippen molar-refractivity contribution in [1.29, 1.82) is 0 Å². The zero-order valence-electron chi connectivity index (χ0n) is 12.1. The summed E-state index contributed by atoms with van der Waals surface area (Å²) in [6.07, 6.45) is 2.29. The van der Waals surface area contributed by atoms with Gasteiger partial charge in [-0.25, -0.2) is 0 Å². The fourth-order valence-corrected chi connectivity index (χ4v) is 2.69. The van der Waals surface area contributed by atoms with E-state index in [0.29, 0.717) is 12.0 Å². The summed E-state index contributed by atoms with van der Waals surface area (Å²) in [6.45, 7) is 8.30. The van der Waals surface area contributed by atoms with Crippen molar-refractivity contribution in [3.63, 3.8) is 0 Å². The minimum atomic E-state index is 0.388. The zero-order chi connectivity index (χ0) is 13.7. The summed E-state index contributed by atoms with van der Waals surface area (Å²) < 4.78 is 5.79. The standard InChI is InChI=1S/C16H26N2O/c1-3-14-12-18(9-8-16(14)17)10-11-19-15-6-4-13(2)5-7-15/h4-7,14,16H,3,8-12,17H2,1-2H3. The van der Waals surface area contributed by atoms with E-state index in [-0.39, 0.29) is 0 Å². The van der Waals surface area contributed by atoms with Gasteiger partial charge in [-0.05, 0) is 37.9 Å². The summed E-state index contributed by atoms with van der Waals surface area (Å²) in [6, 6.07) is 8.64. The molecule has 0 amide bonds. The molecule has 3 heteroatoms. The van der Waals surface area contributed by atoms with E-state index in [4.69, 9.17) is 10.5 Å². The van der Waals surface area contributed by atoms with Crippen LogP contribution in [0.3, 0.4) is 0 Å². The Morgan fingerprint density at radius 3 is 2.74 bits per heavy atom. The predicted octanol–water partition coefficient (Wildman–Crippen LogP) is 2.43. The number of hydrogen-bond acceptors (Lipinski definition) is 3. The molecule has 0 aliphatic carbocycles. The fourth-order valence-electron chi connectivity index (χ4n) is 2.69. The van der Waals surface area contributed by atoms with Gasteiger partial charge in [0, 0.05) is 19.1 Å². The van der Waals surface area contributed by atoms with Crippen LogP contribution < -0.4 is 10.5 Å². The number of nitrogens with zero attached hydrogens (tertiary/aromatic N) is 1. The van der Waals surface area contributed by atoms with Crippen LogP contribution in [0.25, 0.3) is 0 Å². The van der Waals surface area contributed by atoms with Crippen LogP contribution in [0.4, 0.5) is 0 Å². The number of benzene rings is 1. The molecule has 0 bridgehead atoms. The van der Waals surface area contributed by atoms with E-state index in [1.54, 1.807) is 0 Å². The Kier molecular flexibility index (Phi) is 5.23. The molecule has 1 aliphatic rings. The first-order valence-electron chi connectivity index (χ1n) is 7.36. The number of aryl methyl sites for hydroxylation is 1. The lowest BCUT2D eigenvalue weighted by atomic mass is 9.91. The molecule has 1 fully saturated rings. The van der Waals surface area contributed by atoms with Crippen molar-refractivity contribution in [2.45, 2.75) is 32.7 Å². The average Bonchev–Trinajstić information content (AvgIpc) is 2.43. The van der Waals surface area contributed by atoms with Crippen LogP contribution in [0.1, 0.15) is 25.3 Å². The molecule has 0 spiro atoms. The molecular weight excluding hydrogens is 236 g/mol. The van der Waals surface area contributed by atoms with E-state index < -0.39 is 0 Å². The molecule has 1 aromatic carbocycles. The van der Waals surface area contributed by atoms with Gasteiger partial charge in [-0.3, -0.25) is 4.90 Å². The van der Waals surface area contributed by atoms with Gasteiger partial charge < -0.3 is 10.5 Å². The van der Waals surface area contributed by atoms with E-state index in [1.807, 2.05) is 12.1 Å². The van der Waals surface area contributed by atoms with Crippen molar-refractivity contribution in [3.05, 3.63) is 29.8 Å². The highest BCUT2D eigenvalue weighted by atomic mass is 16.5. The third kappa shape index (κ3) is 4.22. The molecule has 19 heavy (non-hydrogen) atoms. The quantitative estimate of drug-likeness (QED) is 0.885. The van der Waals surface area contributed by atoms with Crippen molar-refractivity contribution in [2.24, 2.45) is 11.7 Å². The van der Waals surface area contributed by atoms with Crippen molar-refractivity contribution in [1.82, 2.24) is 4.90 Å². The summed E-state index contributed by atoms with van der Waals surface area (Å²) in [4.78, 5) is 2.48. The Morgan fingerprint density at radius 1 is 1.32 bits per heavy atom. The molecule has 1 saturated heterocycles. The predicted molar refractivity (Wildman–Crippen MR) is 79.5 cm³/mol. The van der Waals surface area contributed by atoms with Crippen molar-refractivity contribution in [3.8, 4) is 5.75 Å². The monoisotopic (exact) mass is 262 g/mol. The van der Waals surface area contributed by atoms with Crippen LogP contribution in [0.2, 0.25) is 0 Å². The molecule has 1 aromatic rings. The normalized spacial score (nSPS) is 24.4. The molecule has 2 unspecified atom stereocenters. The van der Waals surface area contributed by atoms with Gasteiger partial charge in [-0.2, -0.15) is 0 Å². The summed E-state index contributed by atoms with van der Waals surface area (Å²) in [5.41, 5.74) is 7.39. The van der Waals surface area contributed by atoms with Gasteiger partial charge in [0.15, 0.2) is 0 Å². The fraction of sp³-hybridized carbons (Fsp3) is 0.625. The van der Waals surface area contributed by atoms with Gasteiger partial charge in [-0.1, -0.05) is 31.0 Å². The van der Waals surface area contributed by atoms with Gasteiger partial charge in [0.1, 0.15) is 12.4 Å². The lowest BCUT2D eigenvalue weighted by Crippen LogP contribution is -2.47. The molecule has 0 aromatic heterocycles. The largest absolute Gasteiger partial charge is 0.492 e. The maximum Gasteiger partial charge on any atom is 0.119 e. The second-order valence-corrected chi connectivity index (χ2v) is 5.58. The molecule has 106 valence electrons. The molecular formula is C16H26N2O. The third-order valence-electron chi connectivity index (χ3n) is 4.10. The Labute approximate surface area is 116 Å². The Morgan fingerprint density at radius 2 is 2.05 bits per heavy atom. The topological polar surface area (TPSA) is 38.5 Å². The summed E-state index contributed by atoms with van der Waals surface area (Å²) >= 11 is 0. The lowest BCUT2D eigenvalue weighted by molar-refractivity contribution is 0.130. The lowest BCUT2D eigenvalue weighted by Gasteiger charge is -2.36. The number of rotatable bonds is 5. The minimum absolute atomic E-state index is 0.388. The maximum atomic E-state index is 6.13. The third-order valence-corrected chi connectivity index (χ3v) is 4.10. The van der Waals surface area contributed by atoms with Crippen LogP contribution in [0, 0.1) is 12.8 Å². The van der Waals surface area contributed by atoms with Crippen LogP contribution in [-0.2, 0) is 0 Å². The number of likely N-dealkylation sites (tertiary alicyclic amines) is 1. The van der Waals surface area contributed by atoms with E-state index in [2.05, 4.69) is 30.9 Å². The van der Waals surface area contributed by atoms with Crippen molar-refractivity contribution >= 4 is 0 Å². The second-order valence-electron chi connectivity index (χ2n) is 5.58. The Hall–Kier alpha value is -1.06. The molecule has 2 atom stereocenters. The second kappa shape index (κ2) is 6.92. The average molecular weight is 262 g/mol. The van der Waals surface area contributed by atoms with Crippen molar-refractivity contribution in [2.75, 3.05) is 26.2 Å². The molecule has 3 nitrogen and oxygen atoms in total. The van der Waals surface area contributed by atoms with Crippen LogP contribution in [-0.4, -0.2) is 37.2 Å².